The number of nitrogens with zero attached hydrogens (tertiary/aromatic N) is 1. The molecule has 0 aliphatic carbocycles. The Bertz CT molecular complexity index is 166. The van der Waals surface area contributed by atoms with Crippen molar-refractivity contribution in [3.05, 3.63) is 0 Å². The molecule has 2 saturated heterocycles. The standard InChI is InChI=1S/C9H18N2O2.2ClH/c12-9-7-13-6-8(9)11-4-1-2-10-3-5-11;;/h8-10,12H,1-7H2;2*1H/t8-,9-;;/m0../s1. The number of halogens is 2. The molecular formula is C9H20Cl2N2O2. The molecule has 0 saturated carbocycles. The topological polar surface area (TPSA) is 44.7 Å². The van der Waals surface area contributed by atoms with Gasteiger partial charge >= 0.3 is 0 Å². The molecule has 0 radical (unpaired) electrons. The van der Waals surface area contributed by atoms with Gasteiger partial charge in [-0.25, -0.2) is 0 Å². The molecule has 0 aromatic heterocycles. The fraction of sp³-hybridized carbons (Fsp3) is 1.00. The number of hydrogen-bond donors (Lipinski definition) is 2. The first kappa shape index (κ1) is 15.4. The lowest BCUT2D eigenvalue weighted by atomic mass is 10.2. The first-order chi connectivity index (χ1) is 6.38. The minimum atomic E-state index is -0.280. The molecule has 0 amide bonds. The summed E-state index contributed by atoms with van der Waals surface area (Å²) < 4.78 is 5.25. The fourth-order valence-corrected chi connectivity index (χ4v) is 2.08. The van der Waals surface area contributed by atoms with E-state index in [1.54, 1.807) is 0 Å². The maximum Gasteiger partial charge on any atom is 0.0950 e. The number of nitrogens with one attached hydrogen (secondary N) is 1. The Morgan fingerprint density at radius 2 is 1.93 bits per heavy atom. The molecule has 0 unspecified atom stereocenters. The summed E-state index contributed by atoms with van der Waals surface area (Å²) in [5, 5.41) is 13.0. The molecule has 0 aromatic carbocycles. The van der Waals surface area contributed by atoms with Crippen LogP contribution in [-0.4, -0.2) is 61.5 Å². The Morgan fingerprint density at radius 1 is 1.13 bits per heavy atom. The van der Waals surface area contributed by atoms with Crippen LogP contribution in [0, 0.1) is 0 Å². The van der Waals surface area contributed by atoms with E-state index in [-0.39, 0.29) is 37.0 Å². The first-order valence-corrected chi connectivity index (χ1v) is 5.08. The van der Waals surface area contributed by atoms with Crippen LogP contribution in [0.2, 0.25) is 0 Å². The van der Waals surface area contributed by atoms with Crippen molar-refractivity contribution in [2.24, 2.45) is 0 Å². The Labute approximate surface area is 103 Å². The monoisotopic (exact) mass is 258 g/mol. The van der Waals surface area contributed by atoms with Crippen LogP contribution in [0.1, 0.15) is 6.42 Å². The first-order valence-electron chi connectivity index (χ1n) is 5.08. The van der Waals surface area contributed by atoms with E-state index in [9.17, 15) is 5.11 Å². The predicted octanol–water partition coefficient (Wildman–Crippen LogP) is -0.115. The summed E-state index contributed by atoms with van der Waals surface area (Å²) in [7, 11) is 0. The van der Waals surface area contributed by atoms with Crippen LogP contribution in [0.3, 0.4) is 0 Å². The zero-order valence-corrected chi connectivity index (χ0v) is 10.4. The van der Waals surface area contributed by atoms with Gasteiger partial charge < -0.3 is 15.2 Å². The van der Waals surface area contributed by atoms with Gasteiger partial charge in [-0.1, -0.05) is 0 Å². The van der Waals surface area contributed by atoms with Gasteiger partial charge in [0.15, 0.2) is 0 Å². The summed E-state index contributed by atoms with van der Waals surface area (Å²) in [5.74, 6) is 0. The van der Waals surface area contributed by atoms with Crippen LogP contribution in [0.25, 0.3) is 0 Å². The lowest BCUT2D eigenvalue weighted by molar-refractivity contribution is 0.0857. The SMILES string of the molecule is Cl.Cl.O[C@H]1COC[C@@H]1N1CCCNCC1. The molecule has 2 aliphatic heterocycles. The van der Waals surface area contributed by atoms with Crippen LogP contribution in [0.4, 0.5) is 0 Å². The third-order valence-electron chi connectivity index (χ3n) is 2.87. The normalized spacial score (nSPS) is 32.6. The van der Waals surface area contributed by atoms with Crippen LogP contribution < -0.4 is 5.32 Å². The predicted molar refractivity (Wildman–Crippen MR) is 64.2 cm³/mol. The van der Waals surface area contributed by atoms with Crippen molar-refractivity contribution in [2.75, 3.05) is 39.4 Å². The number of rotatable bonds is 1. The Balaban J connectivity index is 0.000000980. The highest BCUT2D eigenvalue weighted by Gasteiger charge is 2.31. The number of aliphatic hydroxyl groups is 1. The van der Waals surface area contributed by atoms with Gasteiger partial charge in [0.25, 0.3) is 0 Å². The van der Waals surface area contributed by atoms with Crippen molar-refractivity contribution >= 4 is 24.8 Å². The minimum absolute atomic E-state index is 0. The molecule has 2 N–H and O–H groups in total. The smallest absolute Gasteiger partial charge is 0.0950 e. The summed E-state index contributed by atoms with van der Waals surface area (Å²) in [6.45, 7) is 5.45. The Hall–Kier alpha value is 0.420. The average Bonchev–Trinajstić information content (AvgIpc) is 2.43. The molecular weight excluding hydrogens is 239 g/mol. The highest BCUT2D eigenvalue weighted by molar-refractivity contribution is 5.85. The van der Waals surface area contributed by atoms with Gasteiger partial charge in [-0.05, 0) is 19.5 Å². The summed E-state index contributed by atoms with van der Waals surface area (Å²) in [6.07, 6.45) is 0.890. The Kier molecular flexibility index (Phi) is 7.87. The van der Waals surface area contributed by atoms with E-state index < -0.39 is 0 Å². The zero-order chi connectivity index (χ0) is 9.10. The summed E-state index contributed by atoms with van der Waals surface area (Å²) in [5.41, 5.74) is 0. The van der Waals surface area contributed by atoms with Gasteiger partial charge in [-0.15, -0.1) is 24.8 Å². The lowest BCUT2D eigenvalue weighted by Crippen LogP contribution is -2.44. The van der Waals surface area contributed by atoms with E-state index in [4.69, 9.17) is 4.74 Å². The third-order valence-corrected chi connectivity index (χ3v) is 2.87. The minimum Gasteiger partial charge on any atom is -0.389 e. The van der Waals surface area contributed by atoms with Gasteiger partial charge in [0.1, 0.15) is 0 Å². The third kappa shape index (κ3) is 4.06. The van der Waals surface area contributed by atoms with Crippen LogP contribution >= 0.6 is 24.8 Å². The average molecular weight is 259 g/mol. The van der Waals surface area contributed by atoms with Crippen molar-refractivity contribution in [3.63, 3.8) is 0 Å². The van der Waals surface area contributed by atoms with Crippen LogP contribution in [-0.2, 0) is 4.74 Å². The van der Waals surface area contributed by atoms with Crippen molar-refractivity contribution in [2.45, 2.75) is 18.6 Å². The Morgan fingerprint density at radius 3 is 2.60 bits per heavy atom. The van der Waals surface area contributed by atoms with Gasteiger partial charge in [0.2, 0.25) is 0 Å². The van der Waals surface area contributed by atoms with Crippen LogP contribution in [0.15, 0.2) is 0 Å². The van der Waals surface area contributed by atoms with Gasteiger partial charge in [-0.2, -0.15) is 0 Å². The largest absolute Gasteiger partial charge is 0.389 e. The van der Waals surface area contributed by atoms with Crippen molar-refractivity contribution < 1.29 is 9.84 Å². The number of aliphatic hydroxyl groups excluding tert-OH is 1. The molecule has 2 atom stereocenters. The second-order valence-electron chi connectivity index (χ2n) is 3.81. The lowest BCUT2D eigenvalue weighted by Gasteiger charge is -2.27. The quantitative estimate of drug-likeness (QED) is 0.689. The van der Waals surface area contributed by atoms with E-state index in [2.05, 4.69) is 10.2 Å². The molecule has 2 rings (SSSR count). The highest BCUT2D eigenvalue weighted by Crippen LogP contribution is 2.13. The van der Waals surface area contributed by atoms with E-state index in [0.717, 1.165) is 26.2 Å². The molecule has 15 heavy (non-hydrogen) atoms. The van der Waals surface area contributed by atoms with E-state index in [0.29, 0.717) is 13.2 Å². The second kappa shape index (κ2) is 7.65. The summed E-state index contributed by atoms with van der Waals surface area (Å²) >= 11 is 0. The zero-order valence-electron chi connectivity index (χ0n) is 8.72. The molecule has 6 heteroatoms. The number of ether oxygens (including phenoxy) is 1. The molecule has 2 fully saturated rings. The number of hydrogen-bond acceptors (Lipinski definition) is 4. The van der Waals surface area contributed by atoms with Crippen molar-refractivity contribution in [1.29, 1.82) is 0 Å². The maximum atomic E-state index is 9.65. The van der Waals surface area contributed by atoms with E-state index in [1.165, 1.54) is 6.42 Å². The van der Waals surface area contributed by atoms with Crippen LogP contribution in [0.5, 0.6) is 0 Å². The van der Waals surface area contributed by atoms with Gasteiger partial charge in [-0.3, -0.25) is 4.90 Å². The van der Waals surface area contributed by atoms with Crippen molar-refractivity contribution in [3.8, 4) is 0 Å². The molecule has 92 valence electrons. The summed E-state index contributed by atoms with van der Waals surface area (Å²) in [6, 6.07) is 0.236. The van der Waals surface area contributed by atoms with E-state index in [1.807, 2.05) is 0 Å². The second-order valence-corrected chi connectivity index (χ2v) is 3.81. The maximum absolute atomic E-state index is 9.65. The fourth-order valence-electron chi connectivity index (χ4n) is 2.08. The molecule has 0 aromatic rings. The van der Waals surface area contributed by atoms with Gasteiger partial charge in [0, 0.05) is 13.1 Å². The van der Waals surface area contributed by atoms with Crippen molar-refractivity contribution in [1.82, 2.24) is 10.2 Å². The molecule has 2 heterocycles. The van der Waals surface area contributed by atoms with Gasteiger partial charge in [0.05, 0.1) is 25.4 Å². The summed E-state index contributed by atoms with van der Waals surface area (Å²) in [4.78, 5) is 2.34. The molecule has 0 bridgehead atoms. The molecule has 2 aliphatic rings. The highest BCUT2D eigenvalue weighted by atomic mass is 35.5. The molecule has 0 spiro atoms. The van der Waals surface area contributed by atoms with E-state index >= 15 is 0 Å². The molecule has 4 nitrogen and oxygen atoms in total.